The molecule has 0 aliphatic heterocycles. The Hall–Kier alpha value is -1.58. The van der Waals surface area contributed by atoms with E-state index >= 15 is 0 Å². The fourth-order valence-corrected chi connectivity index (χ4v) is 0.680. The molecule has 0 saturated carbocycles. The van der Waals surface area contributed by atoms with Crippen LogP contribution in [0.4, 0.5) is 5.69 Å². The van der Waals surface area contributed by atoms with E-state index in [1.807, 2.05) is 0 Å². The molecule has 1 aromatic carbocycles. The second kappa shape index (κ2) is 3.01. The molecule has 0 fully saturated rings. The maximum Gasteiger partial charge on any atom is 0.317 e. The van der Waals surface area contributed by atoms with Gasteiger partial charge < -0.3 is 5.11 Å². The summed E-state index contributed by atoms with van der Waals surface area (Å²) < 4.78 is 0. The summed E-state index contributed by atoms with van der Waals surface area (Å²) in [7, 11) is 1.28. The first-order valence-corrected chi connectivity index (χ1v) is 3.04. The average molecular weight is 154 g/mol. The zero-order valence-electron chi connectivity index (χ0n) is 6.02. The normalized spacial score (nSPS) is 9.18. The van der Waals surface area contributed by atoms with E-state index < -0.39 is 0 Å². The first-order chi connectivity index (χ1) is 5.24. The maximum absolute atomic E-state index is 10.7. The summed E-state index contributed by atoms with van der Waals surface area (Å²) in [6, 6.07) is 5.76. The van der Waals surface area contributed by atoms with Gasteiger partial charge in [-0.05, 0) is 12.1 Å². The van der Waals surface area contributed by atoms with E-state index in [9.17, 15) is 4.91 Å². The fraction of sp³-hybridized carbons (Fsp3) is 0.143. The molecule has 0 saturated heterocycles. The Morgan fingerprint density at radius 2 is 1.91 bits per heavy atom. The number of hydrogen-bond acceptors (Lipinski definition) is 3. The number of phenolic OH excluding ortho intramolecular Hbond substituents is 1. The van der Waals surface area contributed by atoms with Crippen LogP contribution in [0.25, 0.3) is 0 Å². The van der Waals surface area contributed by atoms with Crippen LogP contribution in [0.5, 0.6) is 5.75 Å². The van der Waals surface area contributed by atoms with Gasteiger partial charge in [0.25, 0.3) is 4.92 Å². The van der Waals surface area contributed by atoms with Crippen LogP contribution in [0.15, 0.2) is 24.3 Å². The fourth-order valence-electron chi connectivity index (χ4n) is 0.680. The standard InChI is InChI=1S/C7H7NO3/c1-11-8(10)6-2-4-7(9)5-3-6/h2-5H,1H3/p+1. The Kier molecular flexibility index (Phi) is 2.06. The van der Waals surface area contributed by atoms with Gasteiger partial charge >= 0.3 is 5.69 Å². The molecule has 4 nitrogen and oxygen atoms in total. The molecule has 1 N–H and O–H groups in total. The summed E-state index contributed by atoms with van der Waals surface area (Å²) in [6.07, 6.45) is 0. The van der Waals surface area contributed by atoms with Crippen molar-refractivity contribution >= 4 is 5.69 Å². The van der Waals surface area contributed by atoms with E-state index in [-0.39, 0.29) is 5.75 Å². The van der Waals surface area contributed by atoms with E-state index in [0.717, 1.165) is 0 Å². The third-order valence-electron chi connectivity index (χ3n) is 1.23. The maximum atomic E-state index is 10.7. The lowest BCUT2D eigenvalue weighted by atomic mass is 10.3. The van der Waals surface area contributed by atoms with Gasteiger partial charge in [-0.3, -0.25) is 0 Å². The highest BCUT2D eigenvalue weighted by atomic mass is 16.8. The Bertz CT molecular complexity index is 255. The molecule has 1 aromatic rings. The summed E-state index contributed by atoms with van der Waals surface area (Å²) in [6.45, 7) is 0. The summed E-state index contributed by atoms with van der Waals surface area (Å²) >= 11 is 0. The van der Waals surface area contributed by atoms with Crippen LogP contribution in [0.2, 0.25) is 0 Å². The zero-order valence-corrected chi connectivity index (χ0v) is 6.02. The molecule has 0 heterocycles. The van der Waals surface area contributed by atoms with Crippen molar-refractivity contribution in [1.29, 1.82) is 0 Å². The number of rotatable bonds is 2. The smallest absolute Gasteiger partial charge is 0.317 e. The van der Waals surface area contributed by atoms with E-state index in [1.54, 1.807) is 0 Å². The first kappa shape index (κ1) is 7.53. The molecule has 58 valence electrons. The molecule has 0 aromatic heterocycles. The molecule has 0 bridgehead atoms. The molecule has 11 heavy (non-hydrogen) atoms. The highest BCUT2D eigenvalue weighted by Crippen LogP contribution is 2.15. The second-order valence-corrected chi connectivity index (χ2v) is 1.96. The lowest BCUT2D eigenvalue weighted by Gasteiger charge is -1.88. The van der Waals surface area contributed by atoms with E-state index in [1.165, 1.54) is 31.4 Å². The predicted molar refractivity (Wildman–Crippen MR) is 38.4 cm³/mol. The lowest BCUT2D eigenvalue weighted by molar-refractivity contribution is -0.736. The first-order valence-electron chi connectivity index (χ1n) is 3.04. The van der Waals surface area contributed by atoms with Gasteiger partial charge in [-0.2, -0.15) is 0 Å². The average Bonchev–Trinajstić information content (AvgIpc) is 2.05. The zero-order chi connectivity index (χ0) is 8.27. The number of aromatic hydroxyl groups is 1. The largest absolute Gasteiger partial charge is 0.508 e. The van der Waals surface area contributed by atoms with Crippen LogP contribution in [-0.4, -0.2) is 17.1 Å². The third kappa shape index (κ3) is 1.67. The number of nitrogens with zero attached hydrogens (tertiary/aromatic N) is 1. The van der Waals surface area contributed by atoms with Crippen LogP contribution in [-0.2, 0) is 4.84 Å². The minimum atomic E-state index is 0.123. The quantitative estimate of drug-likeness (QED) is 0.654. The van der Waals surface area contributed by atoms with Crippen molar-refractivity contribution in [3.63, 3.8) is 0 Å². The lowest BCUT2D eigenvalue weighted by Crippen LogP contribution is -1.96. The SMILES string of the molecule is CO[N+](=O)c1ccc(O)cc1. The van der Waals surface area contributed by atoms with Gasteiger partial charge in [-0.1, -0.05) is 0 Å². The third-order valence-corrected chi connectivity index (χ3v) is 1.23. The Morgan fingerprint density at radius 3 is 2.36 bits per heavy atom. The molecule has 0 aliphatic carbocycles. The van der Waals surface area contributed by atoms with Gasteiger partial charge in [-0.15, -0.1) is 0 Å². The summed E-state index contributed by atoms with van der Waals surface area (Å²) in [4.78, 5) is 15.5. The van der Waals surface area contributed by atoms with Crippen LogP contribution in [0.3, 0.4) is 0 Å². The molecular weight excluding hydrogens is 146 g/mol. The van der Waals surface area contributed by atoms with E-state index in [0.29, 0.717) is 10.6 Å². The van der Waals surface area contributed by atoms with Gasteiger partial charge in [0.1, 0.15) is 5.75 Å². The van der Waals surface area contributed by atoms with Gasteiger partial charge in [-0.25, -0.2) is 4.84 Å². The molecular formula is C7H8NO3+. The van der Waals surface area contributed by atoms with Crippen molar-refractivity contribution in [3.8, 4) is 5.75 Å². The van der Waals surface area contributed by atoms with Gasteiger partial charge in [0.05, 0.1) is 4.91 Å². The summed E-state index contributed by atoms with van der Waals surface area (Å²) in [5.74, 6) is 0.123. The molecule has 4 heteroatoms. The highest BCUT2D eigenvalue weighted by Gasteiger charge is 2.12. The summed E-state index contributed by atoms with van der Waals surface area (Å²) in [5.41, 5.74) is 0.352. The second-order valence-electron chi connectivity index (χ2n) is 1.96. The van der Waals surface area contributed by atoms with Crippen molar-refractivity contribution in [1.82, 2.24) is 0 Å². The monoisotopic (exact) mass is 154 g/mol. The van der Waals surface area contributed by atoms with Crippen molar-refractivity contribution in [2.45, 2.75) is 0 Å². The van der Waals surface area contributed by atoms with Crippen LogP contribution >= 0.6 is 0 Å². The molecule has 0 atom stereocenters. The number of benzene rings is 1. The molecule has 0 amide bonds. The topological polar surface area (TPSA) is 49.5 Å². The van der Waals surface area contributed by atoms with Crippen molar-refractivity contribution in [2.24, 2.45) is 0 Å². The van der Waals surface area contributed by atoms with Crippen LogP contribution < -0.4 is 0 Å². The Labute approximate surface area is 63.6 Å². The Morgan fingerprint density at radius 1 is 1.36 bits per heavy atom. The van der Waals surface area contributed by atoms with Gasteiger partial charge in [0.2, 0.25) is 0 Å². The Balaban J connectivity index is 2.90. The van der Waals surface area contributed by atoms with Gasteiger partial charge in [0, 0.05) is 12.1 Å². The number of phenols is 1. The van der Waals surface area contributed by atoms with Crippen LogP contribution in [0.1, 0.15) is 0 Å². The minimum absolute atomic E-state index is 0.123. The van der Waals surface area contributed by atoms with Crippen molar-refractivity contribution in [2.75, 3.05) is 7.11 Å². The van der Waals surface area contributed by atoms with Gasteiger partial charge in [0.15, 0.2) is 7.11 Å². The molecule has 0 spiro atoms. The molecule has 1 rings (SSSR count). The van der Waals surface area contributed by atoms with Crippen molar-refractivity contribution in [3.05, 3.63) is 29.2 Å². The summed E-state index contributed by atoms with van der Waals surface area (Å²) in [5, 5.41) is 8.85. The molecule has 0 radical (unpaired) electrons. The molecule has 0 unspecified atom stereocenters. The predicted octanol–water partition coefficient (Wildman–Crippen LogP) is 1.36. The number of hydrogen-bond donors (Lipinski definition) is 1. The minimum Gasteiger partial charge on any atom is -0.508 e. The van der Waals surface area contributed by atoms with E-state index in [4.69, 9.17) is 5.11 Å². The van der Waals surface area contributed by atoms with Crippen molar-refractivity contribution < 1.29 is 14.9 Å². The van der Waals surface area contributed by atoms with E-state index in [2.05, 4.69) is 4.84 Å². The van der Waals surface area contributed by atoms with Crippen LogP contribution in [0, 0.1) is 4.91 Å². The highest BCUT2D eigenvalue weighted by molar-refractivity contribution is 5.34. The molecule has 0 aliphatic rings.